The van der Waals surface area contributed by atoms with Gasteiger partial charge in [-0.3, -0.25) is 4.79 Å². The Balaban J connectivity index is 2.50. The lowest BCUT2D eigenvalue weighted by Crippen LogP contribution is -2.42. The van der Waals surface area contributed by atoms with Gasteiger partial charge in [0, 0.05) is 18.5 Å². The van der Waals surface area contributed by atoms with Crippen LogP contribution in [0.15, 0.2) is 0 Å². The summed E-state index contributed by atoms with van der Waals surface area (Å²) in [5.74, 6) is -0.387. The van der Waals surface area contributed by atoms with Crippen LogP contribution in [0.5, 0.6) is 0 Å². The second kappa shape index (κ2) is 5.39. The van der Waals surface area contributed by atoms with Crippen LogP contribution in [0, 0.1) is 5.92 Å². The maximum absolute atomic E-state index is 12.3. The van der Waals surface area contributed by atoms with Crippen molar-refractivity contribution in [1.29, 1.82) is 0 Å². The van der Waals surface area contributed by atoms with Gasteiger partial charge in [0.2, 0.25) is 5.91 Å². The van der Waals surface area contributed by atoms with E-state index >= 15 is 0 Å². The van der Waals surface area contributed by atoms with E-state index in [9.17, 15) is 13.6 Å². The Kier molecular flexibility index (Phi) is 4.45. The van der Waals surface area contributed by atoms with Crippen LogP contribution in [-0.4, -0.2) is 43.4 Å². The minimum absolute atomic E-state index is 0.0609. The summed E-state index contributed by atoms with van der Waals surface area (Å²) in [4.78, 5) is 13.1. The van der Waals surface area contributed by atoms with Crippen molar-refractivity contribution in [2.24, 2.45) is 5.92 Å². The summed E-state index contributed by atoms with van der Waals surface area (Å²) in [6, 6.07) is 0.0609. The molecule has 88 valence electrons. The number of carbonyl (C=O) groups excluding carboxylic acids is 1. The van der Waals surface area contributed by atoms with Crippen molar-refractivity contribution >= 4 is 5.91 Å². The molecule has 0 radical (unpaired) electrons. The van der Waals surface area contributed by atoms with E-state index in [1.54, 1.807) is 14.0 Å². The summed E-state index contributed by atoms with van der Waals surface area (Å²) in [6.45, 7) is 1.88. The molecule has 1 saturated carbocycles. The molecule has 0 bridgehead atoms. The molecule has 0 aromatic carbocycles. The van der Waals surface area contributed by atoms with Crippen LogP contribution in [0.4, 0.5) is 8.78 Å². The largest absolute Gasteiger partial charge is 0.334 e. The van der Waals surface area contributed by atoms with Crippen LogP contribution in [0.25, 0.3) is 0 Å². The highest BCUT2D eigenvalue weighted by Gasteiger charge is 2.35. The summed E-state index contributed by atoms with van der Waals surface area (Å²) in [6.07, 6.45) is -0.702. The number of hydrogen-bond acceptors (Lipinski definition) is 2. The van der Waals surface area contributed by atoms with Gasteiger partial charge in [-0.05, 0) is 19.9 Å². The first kappa shape index (κ1) is 12.4. The highest BCUT2D eigenvalue weighted by Crippen LogP contribution is 2.28. The normalized spacial score (nSPS) is 17.9. The lowest BCUT2D eigenvalue weighted by atomic mass is 10.1. The van der Waals surface area contributed by atoms with Crippen molar-refractivity contribution in [3.63, 3.8) is 0 Å². The second-order valence-corrected chi connectivity index (χ2v) is 4.07. The van der Waals surface area contributed by atoms with Crippen LogP contribution in [-0.2, 0) is 4.79 Å². The van der Waals surface area contributed by atoms with E-state index in [1.165, 1.54) is 4.90 Å². The number of hydrogen-bond donors (Lipinski definition) is 1. The lowest BCUT2D eigenvalue weighted by Gasteiger charge is -2.25. The van der Waals surface area contributed by atoms with Crippen molar-refractivity contribution in [2.75, 3.05) is 20.1 Å². The molecule has 1 amide bonds. The number of rotatable bonds is 6. The Morgan fingerprint density at radius 2 is 2.13 bits per heavy atom. The van der Waals surface area contributed by atoms with E-state index in [4.69, 9.17) is 0 Å². The molecule has 3 nitrogen and oxygen atoms in total. The zero-order chi connectivity index (χ0) is 11.4. The standard InChI is InChI=1S/C10H18F2N2O/c1-7(5-13-2)10(15)14(6-9(11)12)8-3-4-8/h7-9,13H,3-6H2,1-2H3. The fraction of sp³-hybridized carbons (Fsp3) is 0.900. The molecule has 1 N–H and O–H groups in total. The molecule has 1 rings (SSSR count). The third-order valence-corrected chi connectivity index (χ3v) is 2.54. The molecule has 1 unspecified atom stereocenters. The molecule has 5 heteroatoms. The first-order valence-corrected chi connectivity index (χ1v) is 5.29. The highest BCUT2D eigenvalue weighted by molar-refractivity contribution is 5.79. The van der Waals surface area contributed by atoms with Crippen LogP contribution in [0.3, 0.4) is 0 Å². The quantitative estimate of drug-likeness (QED) is 0.727. The number of alkyl halides is 2. The second-order valence-electron chi connectivity index (χ2n) is 4.07. The van der Waals surface area contributed by atoms with E-state index < -0.39 is 13.0 Å². The minimum atomic E-state index is -2.43. The van der Waals surface area contributed by atoms with Gasteiger partial charge in [-0.15, -0.1) is 0 Å². The topological polar surface area (TPSA) is 32.3 Å². The number of carbonyl (C=O) groups is 1. The predicted octanol–water partition coefficient (Wildman–Crippen LogP) is 1.10. The number of amides is 1. The molecule has 1 aliphatic rings. The van der Waals surface area contributed by atoms with E-state index in [0.29, 0.717) is 6.54 Å². The van der Waals surface area contributed by atoms with E-state index in [-0.39, 0.29) is 17.9 Å². The molecule has 0 aromatic rings. The fourth-order valence-electron chi connectivity index (χ4n) is 1.63. The molecule has 0 saturated heterocycles. The molecule has 0 aliphatic heterocycles. The number of nitrogens with one attached hydrogen (secondary N) is 1. The molecular formula is C10H18F2N2O. The van der Waals surface area contributed by atoms with Crippen LogP contribution in [0.1, 0.15) is 19.8 Å². The van der Waals surface area contributed by atoms with Crippen LogP contribution < -0.4 is 5.32 Å². The Morgan fingerprint density at radius 1 is 1.53 bits per heavy atom. The maximum atomic E-state index is 12.3. The van der Waals surface area contributed by atoms with Gasteiger partial charge in [0.05, 0.1) is 6.54 Å². The molecule has 1 aliphatic carbocycles. The van der Waals surface area contributed by atoms with Crippen molar-refractivity contribution in [1.82, 2.24) is 10.2 Å². The average molecular weight is 220 g/mol. The molecule has 0 aromatic heterocycles. The number of halogens is 2. The van der Waals surface area contributed by atoms with Crippen LogP contribution >= 0.6 is 0 Å². The Bertz CT molecular complexity index is 219. The molecule has 1 fully saturated rings. The third-order valence-electron chi connectivity index (χ3n) is 2.54. The van der Waals surface area contributed by atoms with Gasteiger partial charge in [-0.2, -0.15) is 0 Å². The highest BCUT2D eigenvalue weighted by atomic mass is 19.3. The van der Waals surface area contributed by atoms with Crippen molar-refractivity contribution in [2.45, 2.75) is 32.2 Å². The molecule has 1 atom stereocenters. The third kappa shape index (κ3) is 3.74. The van der Waals surface area contributed by atoms with Gasteiger partial charge >= 0.3 is 0 Å². The Labute approximate surface area is 88.8 Å². The van der Waals surface area contributed by atoms with E-state index in [0.717, 1.165) is 12.8 Å². The van der Waals surface area contributed by atoms with Crippen molar-refractivity contribution in [3.05, 3.63) is 0 Å². The summed E-state index contributed by atoms with van der Waals surface area (Å²) >= 11 is 0. The van der Waals surface area contributed by atoms with Gasteiger partial charge < -0.3 is 10.2 Å². The molecule has 0 heterocycles. The smallest absolute Gasteiger partial charge is 0.255 e. The summed E-state index contributed by atoms with van der Waals surface area (Å²) in [5.41, 5.74) is 0. The fourth-order valence-corrected chi connectivity index (χ4v) is 1.63. The van der Waals surface area contributed by atoms with E-state index in [1.807, 2.05) is 0 Å². The zero-order valence-electron chi connectivity index (χ0n) is 9.17. The first-order valence-electron chi connectivity index (χ1n) is 5.29. The Hall–Kier alpha value is -0.710. The molecule has 0 spiro atoms. The van der Waals surface area contributed by atoms with Crippen LogP contribution in [0.2, 0.25) is 0 Å². The van der Waals surface area contributed by atoms with Crippen molar-refractivity contribution in [3.8, 4) is 0 Å². The average Bonchev–Trinajstić information content (AvgIpc) is 2.96. The monoisotopic (exact) mass is 220 g/mol. The predicted molar refractivity (Wildman–Crippen MR) is 53.8 cm³/mol. The summed E-state index contributed by atoms with van der Waals surface area (Å²) in [7, 11) is 1.75. The summed E-state index contributed by atoms with van der Waals surface area (Å²) in [5, 5.41) is 2.88. The SMILES string of the molecule is CNCC(C)C(=O)N(CC(F)F)C1CC1. The van der Waals surface area contributed by atoms with Gasteiger partial charge in [0.15, 0.2) is 0 Å². The van der Waals surface area contributed by atoms with Crippen molar-refractivity contribution < 1.29 is 13.6 Å². The first-order chi connectivity index (χ1) is 7.06. The molecule has 15 heavy (non-hydrogen) atoms. The maximum Gasteiger partial charge on any atom is 0.255 e. The Morgan fingerprint density at radius 3 is 2.53 bits per heavy atom. The van der Waals surface area contributed by atoms with Gasteiger partial charge in [-0.1, -0.05) is 6.92 Å². The number of nitrogens with zero attached hydrogens (tertiary/aromatic N) is 1. The zero-order valence-corrected chi connectivity index (χ0v) is 9.17. The summed E-state index contributed by atoms with van der Waals surface area (Å²) < 4.78 is 24.5. The van der Waals surface area contributed by atoms with E-state index in [2.05, 4.69) is 5.32 Å². The minimum Gasteiger partial charge on any atom is -0.334 e. The van der Waals surface area contributed by atoms with Gasteiger partial charge in [-0.25, -0.2) is 8.78 Å². The lowest BCUT2D eigenvalue weighted by molar-refractivity contribution is -0.137. The van der Waals surface area contributed by atoms with Gasteiger partial charge in [0.1, 0.15) is 0 Å². The molecular weight excluding hydrogens is 202 g/mol. The van der Waals surface area contributed by atoms with Gasteiger partial charge in [0.25, 0.3) is 6.43 Å².